The van der Waals surface area contributed by atoms with Crippen molar-refractivity contribution in [3.05, 3.63) is 44.9 Å². The summed E-state index contributed by atoms with van der Waals surface area (Å²) in [6.45, 7) is 7.10. The van der Waals surface area contributed by atoms with Gasteiger partial charge in [0.25, 0.3) is 0 Å². The van der Waals surface area contributed by atoms with Crippen molar-refractivity contribution in [1.82, 2.24) is 10.3 Å². The molecule has 0 aliphatic rings. The van der Waals surface area contributed by atoms with Gasteiger partial charge in [0.05, 0.1) is 17.3 Å². The van der Waals surface area contributed by atoms with Gasteiger partial charge in [-0.3, -0.25) is 0 Å². The van der Waals surface area contributed by atoms with Gasteiger partial charge in [0, 0.05) is 30.1 Å². The van der Waals surface area contributed by atoms with Gasteiger partial charge in [-0.1, -0.05) is 17.7 Å². The zero-order chi connectivity index (χ0) is 23.5. The number of fused-ring (bicyclic) bond motifs is 1. The minimum atomic E-state index is -1.39. The fourth-order valence-corrected chi connectivity index (χ4v) is 3.95. The number of alkyl carbamates (subject to hydrolysis) is 1. The predicted molar refractivity (Wildman–Crippen MR) is 126 cm³/mol. The topological polar surface area (TPSA) is 100 Å². The Labute approximate surface area is 194 Å². The monoisotopic (exact) mass is 480 g/mol. The zero-order valence-corrected chi connectivity index (χ0v) is 19.9. The van der Waals surface area contributed by atoms with E-state index in [0.29, 0.717) is 34.7 Å². The number of thiophene rings is 1. The van der Waals surface area contributed by atoms with E-state index < -0.39 is 23.9 Å². The molecule has 3 heterocycles. The van der Waals surface area contributed by atoms with E-state index in [1.54, 1.807) is 38.2 Å². The first-order valence-electron chi connectivity index (χ1n) is 10.1. The summed E-state index contributed by atoms with van der Waals surface area (Å²) >= 11 is 7.82. The standard InChI is InChI=1S/C22H26ClFN4O3S/c1-12(24)15(27-21(29)31-22(2,3)4)8-17-14(10-25)19-20(30-17)16(9-18(23)28-19)26-11-13-6-5-7-32-13/h5-7,9-10,12,15,25H,8,11H2,1-4H3,(H,26,28)(H,27,29)/t12-,15+/m0/s1. The molecule has 0 radical (unpaired) electrons. The average Bonchev–Trinajstić information content (AvgIpc) is 3.31. The minimum Gasteiger partial charge on any atom is -0.456 e. The molecule has 0 fully saturated rings. The van der Waals surface area contributed by atoms with Crippen molar-refractivity contribution in [2.75, 3.05) is 5.32 Å². The summed E-state index contributed by atoms with van der Waals surface area (Å²) in [5.41, 5.74) is 1.11. The normalized spacial score (nSPS) is 13.6. The maximum absolute atomic E-state index is 14.3. The van der Waals surface area contributed by atoms with Crippen molar-refractivity contribution < 1.29 is 18.3 Å². The molecule has 0 aliphatic carbocycles. The molecule has 0 aliphatic heterocycles. The van der Waals surface area contributed by atoms with Crippen molar-refractivity contribution in [2.24, 2.45) is 0 Å². The minimum absolute atomic E-state index is 0.0139. The van der Waals surface area contributed by atoms with Crippen LogP contribution in [-0.2, 0) is 17.7 Å². The molecule has 1 amide bonds. The number of rotatable bonds is 8. The molecule has 3 N–H and O–H groups in total. The molecule has 172 valence electrons. The number of alkyl halides is 1. The van der Waals surface area contributed by atoms with E-state index in [2.05, 4.69) is 15.6 Å². The van der Waals surface area contributed by atoms with Gasteiger partial charge in [-0.15, -0.1) is 11.3 Å². The number of aromatic nitrogens is 1. The highest BCUT2D eigenvalue weighted by Gasteiger charge is 2.27. The molecule has 32 heavy (non-hydrogen) atoms. The smallest absolute Gasteiger partial charge is 0.407 e. The number of carbonyl (C=O) groups is 1. The molecule has 0 spiro atoms. The molecule has 7 nitrogen and oxygen atoms in total. The summed E-state index contributed by atoms with van der Waals surface area (Å²) in [7, 11) is 0. The van der Waals surface area contributed by atoms with E-state index in [-0.39, 0.29) is 11.6 Å². The first kappa shape index (κ1) is 24.0. The number of furan rings is 1. The molecule has 0 aromatic carbocycles. The number of amides is 1. The number of nitrogens with one attached hydrogen (secondary N) is 3. The number of anilines is 1. The number of hydrogen-bond acceptors (Lipinski definition) is 7. The highest BCUT2D eigenvalue weighted by atomic mass is 35.5. The lowest BCUT2D eigenvalue weighted by molar-refractivity contribution is 0.0476. The first-order chi connectivity index (χ1) is 15.1. The highest BCUT2D eigenvalue weighted by Crippen LogP contribution is 2.33. The van der Waals surface area contributed by atoms with Gasteiger partial charge < -0.3 is 25.2 Å². The second-order valence-electron chi connectivity index (χ2n) is 8.32. The highest BCUT2D eigenvalue weighted by molar-refractivity contribution is 7.09. The van der Waals surface area contributed by atoms with Gasteiger partial charge >= 0.3 is 6.09 Å². The van der Waals surface area contributed by atoms with E-state index in [4.69, 9.17) is 26.2 Å². The fraction of sp³-hybridized carbons (Fsp3) is 0.409. The third kappa shape index (κ3) is 5.98. The molecule has 2 atom stereocenters. The molecule has 3 aromatic heterocycles. The maximum atomic E-state index is 14.3. The van der Waals surface area contributed by atoms with Crippen LogP contribution in [0.4, 0.5) is 14.9 Å². The molecule has 3 rings (SSSR count). The maximum Gasteiger partial charge on any atom is 0.407 e. The summed E-state index contributed by atoms with van der Waals surface area (Å²) in [6, 6.07) is 4.70. The third-order valence-corrected chi connectivity index (χ3v) is 5.63. The SMILES string of the molecule is C[C@H](F)[C@@H](Cc1oc2c(NCc3cccs3)cc(Cl)nc2c1C=N)NC(=O)OC(C)(C)C. The van der Waals surface area contributed by atoms with Gasteiger partial charge in [0.2, 0.25) is 0 Å². The number of halogens is 2. The van der Waals surface area contributed by atoms with Crippen molar-refractivity contribution in [2.45, 2.75) is 58.5 Å². The Kier molecular flexibility index (Phi) is 7.40. The van der Waals surface area contributed by atoms with E-state index in [0.717, 1.165) is 11.1 Å². The Balaban J connectivity index is 1.90. The van der Waals surface area contributed by atoms with Crippen LogP contribution in [0.15, 0.2) is 28.0 Å². The van der Waals surface area contributed by atoms with Crippen LogP contribution < -0.4 is 10.6 Å². The van der Waals surface area contributed by atoms with Crippen molar-refractivity contribution in [3.8, 4) is 0 Å². The number of hydrogen-bond donors (Lipinski definition) is 3. The van der Waals surface area contributed by atoms with E-state index in [1.807, 2.05) is 17.5 Å². The Morgan fingerprint density at radius 3 is 2.81 bits per heavy atom. The lowest BCUT2D eigenvalue weighted by Gasteiger charge is -2.24. The predicted octanol–water partition coefficient (Wildman–Crippen LogP) is 5.95. The molecular weight excluding hydrogens is 455 g/mol. The number of nitrogens with zero attached hydrogens (tertiary/aromatic N) is 1. The van der Waals surface area contributed by atoms with Crippen molar-refractivity contribution in [3.63, 3.8) is 0 Å². The molecule has 0 saturated heterocycles. The van der Waals surface area contributed by atoms with E-state index in [9.17, 15) is 9.18 Å². The second-order valence-corrected chi connectivity index (χ2v) is 9.74. The van der Waals surface area contributed by atoms with Gasteiger partial charge in [0.15, 0.2) is 5.58 Å². The Hall–Kier alpha value is -2.65. The van der Waals surface area contributed by atoms with Gasteiger partial charge in [-0.05, 0) is 39.1 Å². The number of carbonyl (C=O) groups excluding carboxylic acids is 1. The summed E-state index contributed by atoms with van der Waals surface area (Å²) in [5, 5.41) is 15.9. The molecule has 0 bridgehead atoms. The molecule has 10 heteroatoms. The number of pyridine rings is 1. The van der Waals surface area contributed by atoms with Crippen molar-refractivity contribution >= 4 is 52.0 Å². The summed E-state index contributed by atoms with van der Waals surface area (Å²) in [6.07, 6.45) is -0.998. The van der Waals surface area contributed by atoms with Gasteiger partial charge in [0.1, 0.15) is 28.2 Å². The molecular formula is C22H26ClFN4O3S. The van der Waals surface area contributed by atoms with Crippen LogP contribution in [0.25, 0.3) is 11.1 Å². The molecule has 3 aromatic rings. The summed E-state index contributed by atoms with van der Waals surface area (Å²) < 4.78 is 25.6. The van der Waals surface area contributed by atoms with Gasteiger partial charge in [-0.25, -0.2) is 14.2 Å². The van der Waals surface area contributed by atoms with Crippen LogP contribution >= 0.6 is 22.9 Å². The third-order valence-electron chi connectivity index (χ3n) is 4.56. The lowest BCUT2D eigenvalue weighted by Crippen LogP contribution is -2.44. The lowest BCUT2D eigenvalue weighted by atomic mass is 10.1. The van der Waals surface area contributed by atoms with Crippen LogP contribution in [0.3, 0.4) is 0 Å². The Morgan fingerprint density at radius 2 is 2.22 bits per heavy atom. The number of ether oxygens (including phenoxy) is 1. The van der Waals surface area contributed by atoms with Crippen molar-refractivity contribution in [1.29, 1.82) is 5.41 Å². The first-order valence-corrected chi connectivity index (χ1v) is 11.4. The van der Waals surface area contributed by atoms with E-state index >= 15 is 0 Å². The fourth-order valence-electron chi connectivity index (χ4n) is 3.11. The summed E-state index contributed by atoms with van der Waals surface area (Å²) in [5.74, 6) is 0.328. The molecule has 0 unspecified atom stereocenters. The summed E-state index contributed by atoms with van der Waals surface area (Å²) in [4.78, 5) is 17.6. The average molecular weight is 481 g/mol. The van der Waals surface area contributed by atoms with Crippen LogP contribution in [0.1, 0.15) is 43.9 Å². The van der Waals surface area contributed by atoms with Crippen LogP contribution in [0, 0.1) is 5.41 Å². The quantitative estimate of drug-likeness (QED) is 0.273. The van der Waals surface area contributed by atoms with Crippen LogP contribution in [0.5, 0.6) is 0 Å². The van der Waals surface area contributed by atoms with Crippen LogP contribution in [-0.4, -0.2) is 35.1 Å². The second kappa shape index (κ2) is 9.87. The largest absolute Gasteiger partial charge is 0.456 e. The van der Waals surface area contributed by atoms with E-state index in [1.165, 1.54) is 6.92 Å². The van der Waals surface area contributed by atoms with Gasteiger partial charge in [-0.2, -0.15) is 0 Å². The van der Waals surface area contributed by atoms with Crippen LogP contribution in [0.2, 0.25) is 5.15 Å². The zero-order valence-electron chi connectivity index (χ0n) is 18.3. The molecule has 0 saturated carbocycles. The Bertz CT molecular complexity index is 1090. The Morgan fingerprint density at radius 1 is 1.47 bits per heavy atom.